The fourth-order valence-corrected chi connectivity index (χ4v) is 6.33. The van der Waals surface area contributed by atoms with Gasteiger partial charge in [0, 0.05) is 22.3 Å². The molecule has 1 aliphatic rings. The maximum atomic E-state index is 13.7. The molecule has 3 rings (SSSR count). The second kappa shape index (κ2) is 7.58. The summed E-state index contributed by atoms with van der Waals surface area (Å²) >= 11 is 1.42. The van der Waals surface area contributed by atoms with E-state index in [2.05, 4.69) is 5.32 Å². The second-order valence-electron chi connectivity index (χ2n) is 5.91. The molecule has 0 radical (unpaired) electrons. The third-order valence-corrected chi connectivity index (χ3v) is 7.34. The van der Waals surface area contributed by atoms with Gasteiger partial charge in [0.1, 0.15) is 5.82 Å². The van der Waals surface area contributed by atoms with Crippen molar-refractivity contribution >= 4 is 27.5 Å². The van der Waals surface area contributed by atoms with Gasteiger partial charge in [-0.15, -0.1) is 11.8 Å². The van der Waals surface area contributed by atoms with Crippen LogP contribution in [-0.2, 0) is 16.4 Å². The zero-order valence-electron chi connectivity index (χ0n) is 13.4. The van der Waals surface area contributed by atoms with Crippen molar-refractivity contribution in [3.63, 3.8) is 0 Å². The number of hydrogen-bond donors (Lipinski definition) is 1. The van der Waals surface area contributed by atoms with Crippen LogP contribution in [-0.4, -0.2) is 31.1 Å². The highest BCUT2D eigenvalue weighted by molar-refractivity contribution is 8.02. The first-order valence-corrected chi connectivity index (χ1v) is 10.6. The van der Waals surface area contributed by atoms with Gasteiger partial charge < -0.3 is 5.32 Å². The molecule has 1 aliphatic heterocycles. The molecule has 0 saturated carbocycles. The monoisotopic (exact) mass is 379 g/mol. The van der Waals surface area contributed by atoms with E-state index in [-0.39, 0.29) is 35.0 Å². The highest BCUT2D eigenvalue weighted by Gasteiger charge is 2.29. The van der Waals surface area contributed by atoms with E-state index in [0.29, 0.717) is 17.5 Å². The minimum Gasteiger partial charge on any atom is -0.348 e. The molecule has 1 N–H and O–H groups in total. The molecule has 0 aromatic heterocycles. The van der Waals surface area contributed by atoms with Crippen LogP contribution in [0.5, 0.6) is 0 Å². The summed E-state index contributed by atoms with van der Waals surface area (Å²) in [6.07, 6.45) is 0.595. The predicted molar refractivity (Wildman–Crippen MR) is 96.9 cm³/mol. The van der Waals surface area contributed by atoms with Crippen LogP contribution in [0.15, 0.2) is 53.4 Å². The number of hydrogen-bond acceptors (Lipinski definition) is 4. The van der Waals surface area contributed by atoms with Gasteiger partial charge in [0.2, 0.25) is 0 Å². The Balaban J connectivity index is 1.70. The molecule has 7 heteroatoms. The van der Waals surface area contributed by atoms with Gasteiger partial charge in [-0.05, 0) is 24.6 Å². The summed E-state index contributed by atoms with van der Waals surface area (Å²) in [7, 11) is -2.96. The topological polar surface area (TPSA) is 63.2 Å². The average molecular weight is 379 g/mol. The quantitative estimate of drug-likeness (QED) is 0.867. The average Bonchev–Trinajstić information content (AvgIpc) is 2.93. The Bertz CT molecular complexity index is 883. The van der Waals surface area contributed by atoms with Gasteiger partial charge in [0.25, 0.3) is 5.91 Å². The molecule has 1 heterocycles. The van der Waals surface area contributed by atoms with Gasteiger partial charge in [-0.1, -0.05) is 30.3 Å². The SMILES string of the molecule is O=C(NCc1ccccc1F)c1ccccc1S[C@H]1CCS(=O)(=O)C1. The lowest BCUT2D eigenvalue weighted by Gasteiger charge is -2.13. The Morgan fingerprint density at radius 1 is 1.16 bits per heavy atom. The number of halogens is 1. The highest BCUT2D eigenvalue weighted by atomic mass is 32.2. The largest absolute Gasteiger partial charge is 0.348 e. The fraction of sp³-hybridized carbons (Fsp3) is 0.278. The third kappa shape index (κ3) is 4.61. The van der Waals surface area contributed by atoms with E-state index >= 15 is 0 Å². The highest BCUT2D eigenvalue weighted by Crippen LogP contribution is 2.33. The molecule has 132 valence electrons. The normalized spacial score (nSPS) is 18.8. The van der Waals surface area contributed by atoms with Gasteiger partial charge >= 0.3 is 0 Å². The van der Waals surface area contributed by atoms with Gasteiger partial charge in [-0.3, -0.25) is 4.79 Å². The lowest BCUT2D eigenvalue weighted by Crippen LogP contribution is -2.24. The Kier molecular flexibility index (Phi) is 5.44. The van der Waals surface area contributed by atoms with Crippen LogP contribution < -0.4 is 5.32 Å². The molecule has 4 nitrogen and oxygen atoms in total. The molecule has 1 fully saturated rings. The van der Waals surface area contributed by atoms with Crippen molar-refractivity contribution in [1.29, 1.82) is 0 Å². The zero-order chi connectivity index (χ0) is 17.9. The first-order valence-electron chi connectivity index (χ1n) is 7.92. The Morgan fingerprint density at radius 3 is 2.60 bits per heavy atom. The third-order valence-electron chi connectivity index (χ3n) is 4.01. The number of carbonyl (C=O) groups excluding carboxylic acids is 1. The Labute approximate surface area is 150 Å². The maximum Gasteiger partial charge on any atom is 0.252 e. The van der Waals surface area contributed by atoms with Gasteiger partial charge in [0.15, 0.2) is 9.84 Å². The van der Waals surface area contributed by atoms with Crippen LogP contribution in [0, 0.1) is 5.82 Å². The molecular weight excluding hydrogens is 361 g/mol. The van der Waals surface area contributed by atoms with Crippen LogP contribution in [0.3, 0.4) is 0 Å². The molecule has 25 heavy (non-hydrogen) atoms. The van der Waals surface area contributed by atoms with E-state index in [1.54, 1.807) is 30.3 Å². The van der Waals surface area contributed by atoms with Crippen LogP contribution in [0.1, 0.15) is 22.3 Å². The smallest absolute Gasteiger partial charge is 0.252 e. The number of benzene rings is 2. The minimum atomic E-state index is -2.96. The molecule has 1 saturated heterocycles. The lowest BCUT2D eigenvalue weighted by atomic mass is 10.2. The van der Waals surface area contributed by atoms with E-state index in [1.807, 2.05) is 12.1 Å². The van der Waals surface area contributed by atoms with Crippen molar-refractivity contribution in [2.45, 2.75) is 23.1 Å². The minimum absolute atomic E-state index is 0.0366. The van der Waals surface area contributed by atoms with Crippen molar-refractivity contribution in [2.75, 3.05) is 11.5 Å². The molecule has 0 bridgehead atoms. The summed E-state index contributed by atoms with van der Waals surface area (Å²) < 4.78 is 36.9. The standard InChI is InChI=1S/C18H18FNO3S2/c19-16-7-3-1-5-13(16)11-20-18(21)15-6-2-4-8-17(15)24-14-9-10-25(22,23)12-14/h1-8,14H,9-12H2,(H,20,21)/t14-/m0/s1. The molecule has 0 spiro atoms. The molecule has 0 unspecified atom stereocenters. The van der Waals surface area contributed by atoms with Crippen LogP contribution in [0.2, 0.25) is 0 Å². The number of nitrogens with one attached hydrogen (secondary N) is 1. The molecule has 2 aromatic rings. The zero-order valence-corrected chi connectivity index (χ0v) is 15.1. The Morgan fingerprint density at radius 2 is 1.88 bits per heavy atom. The number of thioether (sulfide) groups is 1. The second-order valence-corrected chi connectivity index (χ2v) is 9.48. The first kappa shape index (κ1) is 17.9. The number of rotatable bonds is 5. The number of carbonyl (C=O) groups is 1. The van der Waals surface area contributed by atoms with Crippen molar-refractivity contribution in [1.82, 2.24) is 5.32 Å². The van der Waals surface area contributed by atoms with E-state index < -0.39 is 9.84 Å². The van der Waals surface area contributed by atoms with Crippen molar-refractivity contribution in [3.05, 3.63) is 65.5 Å². The number of sulfone groups is 1. The number of amides is 1. The van der Waals surface area contributed by atoms with Crippen molar-refractivity contribution in [3.8, 4) is 0 Å². The van der Waals surface area contributed by atoms with Crippen LogP contribution in [0.4, 0.5) is 4.39 Å². The predicted octanol–water partition coefficient (Wildman–Crippen LogP) is 3.03. The van der Waals surface area contributed by atoms with Crippen molar-refractivity contribution < 1.29 is 17.6 Å². The first-order chi connectivity index (χ1) is 11.9. The van der Waals surface area contributed by atoms with E-state index in [4.69, 9.17) is 0 Å². The summed E-state index contributed by atoms with van der Waals surface area (Å²) in [6, 6.07) is 13.4. The van der Waals surface area contributed by atoms with E-state index in [9.17, 15) is 17.6 Å². The summed E-state index contributed by atoms with van der Waals surface area (Å²) in [4.78, 5) is 13.2. The van der Waals surface area contributed by atoms with Gasteiger partial charge in [0.05, 0.1) is 17.1 Å². The summed E-state index contributed by atoms with van der Waals surface area (Å²) in [5.41, 5.74) is 0.899. The van der Waals surface area contributed by atoms with Crippen LogP contribution in [0.25, 0.3) is 0 Å². The molecular formula is C18H18FNO3S2. The molecule has 0 aliphatic carbocycles. The maximum absolute atomic E-state index is 13.7. The van der Waals surface area contributed by atoms with E-state index in [0.717, 1.165) is 4.90 Å². The van der Waals surface area contributed by atoms with E-state index in [1.165, 1.54) is 17.8 Å². The summed E-state index contributed by atoms with van der Waals surface area (Å²) in [5, 5.41) is 2.69. The van der Waals surface area contributed by atoms with Gasteiger partial charge in [-0.25, -0.2) is 12.8 Å². The molecule has 2 aromatic carbocycles. The van der Waals surface area contributed by atoms with Crippen molar-refractivity contribution in [2.24, 2.45) is 0 Å². The fourth-order valence-electron chi connectivity index (χ4n) is 2.70. The molecule has 1 amide bonds. The van der Waals surface area contributed by atoms with Crippen LogP contribution >= 0.6 is 11.8 Å². The summed E-state index contributed by atoms with van der Waals surface area (Å²) in [6.45, 7) is 0.0995. The molecule has 1 atom stereocenters. The van der Waals surface area contributed by atoms with Gasteiger partial charge in [-0.2, -0.15) is 0 Å². The Hall–Kier alpha value is -1.86. The lowest BCUT2D eigenvalue weighted by molar-refractivity contribution is 0.0947. The summed E-state index contributed by atoms with van der Waals surface area (Å²) in [5.74, 6) is -0.316.